The second-order valence-electron chi connectivity index (χ2n) is 7.50. The van der Waals surface area contributed by atoms with Crippen LogP contribution in [0, 0.1) is 6.92 Å². The van der Waals surface area contributed by atoms with Gasteiger partial charge < -0.3 is 15.0 Å². The summed E-state index contributed by atoms with van der Waals surface area (Å²) in [4.78, 5) is 13.5. The van der Waals surface area contributed by atoms with E-state index in [9.17, 15) is 4.79 Å². The first kappa shape index (κ1) is 17.8. The molecule has 23 heavy (non-hydrogen) atoms. The van der Waals surface area contributed by atoms with E-state index in [1.54, 1.807) is 11.9 Å². The Morgan fingerprint density at radius 1 is 1.39 bits per heavy atom. The summed E-state index contributed by atoms with van der Waals surface area (Å²) in [6.07, 6.45) is 3.00. The number of fused-ring (bicyclic) bond motifs is 1. The molecule has 0 radical (unpaired) electrons. The fourth-order valence-corrected chi connectivity index (χ4v) is 2.96. The van der Waals surface area contributed by atoms with E-state index in [1.807, 2.05) is 20.8 Å². The number of hydrogen-bond acceptors (Lipinski definition) is 3. The fraction of sp³-hybridized carbons (Fsp3) is 0.632. The average molecular weight is 318 g/mol. The molecule has 0 aromatic heterocycles. The van der Waals surface area contributed by atoms with Gasteiger partial charge in [-0.1, -0.05) is 23.8 Å². The average Bonchev–Trinajstić information content (AvgIpc) is 2.84. The highest BCUT2D eigenvalue weighted by Crippen LogP contribution is 2.31. The van der Waals surface area contributed by atoms with Gasteiger partial charge in [0.2, 0.25) is 0 Å². The van der Waals surface area contributed by atoms with Crippen molar-refractivity contribution in [3.8, 4) is 0 Å². The standard InChI is InChI=1S/C19H30N2O2/c1-14-7-8-15-9-10-17(16(15)13-14)20-11-6-12-21(5)18(22)23-19(2,3)4/h7-8,13,17,20H,6,9-12H2,1-5H3. The number of benzene rings is 1. The third kappa shape index (κ3) is 5.24. The van der Waals surface area contributed by atoms with Gasteiger partial charge in [0.05, 0.1) is 0 Å². The van der Waals surface area contributed by atoms with Crippen molar-refractivity contribution in [2.45, 2.75) is 58.6 Å². The smallest absolute Gasteiger partial charge is 0.410 e. The van der Waals surface area contributed by atoms with Crippen molar-refractivity contribution in [2.75, 3.05) is 20.1 Å². The molecule has 1 atom stereocenters. The number of hydrogen-bond donors (Lipinski definition) is 1. The van der Waals surface area contributed by atoms with Crippen molar-refractivity contribution in [1.29, 1.82) is 0 Å². The molecule has 1 aromatic rings. The summed E-state index contributed by atoms with van der Waals surface area (Å²) in [5, 5.41) is 3.63. The molecule has 4 heteroatoms. The van der Waals surface area contributed by atoms with Crippen LogP contribution in [0.3, 0.4) is 0 Å². The summed E-state index contributed by atoms with van der Waals surface area (Å²) in [5.41, 5.74) is 3.81. The third-order valence-corrected chi connectivity index (χ3v) is 4.15. The highest BCUT2D eigenvalue weighted by Gasteiger charge is 2.22. The zero-order valence-electron chi connectivity index (χ0n) is 15.1. The minimum Gasteiger partial charge on any atom is -0.444 e. The number of ether oxygens (including phenoxy) is 1. The molecule has 1 amide bonds. The first-order chi connectivity index (χ1) is 10.8. The first-order valence-corrected chi connectivity index (χ1v) is 8.53. The lowest BCUT2D eigenvalue weighted by Gasteiger charge is -2.24. The van der Waals surface area contributed by atoms with E-state index in [2.05, 4.69) is 30.4 Å². The van der Waals surface area contributed by atoms with Gasteiger partial charge in [0.1, 0.15) is 5.60 Å². The first-order valence-electron chi connectivity index (χ1n) is 8.53. The Kier molecular flexibility index (Phi) is 5.69. The van der Waals surface area contributed by atoms with Gasteiger partial charge in [0, 0.05) is 19.6 Å². The lowest BCUT2D eigenvalue weighted by atomic mass is 10.1. The normalized spacial score (nSPS) is 17.0. The van der Waals surface area contributed by atoms with Crippen molar-refractivity contribution >= 4 is 6.09 Å². The molecular weight excluding hydrogens is 288 g/mol. The molecule has 1 unspecified atom stereocenters. The molecule has 0 spiro atoms. The van der Waals surface area contributed by atoms with Crippen molar-refractivity contribution in [3.63, 3.8) is 0 Å². The molecule has 1 aromatic carbocycles. The van der Waals surface area contributed by atoms with E-state index in [0.29, 0.717) is 12.6 Å². The lowest BCUT2D eigenvalue weighted by Crippen LogP contribution is -2.35. The van der Waals surface area contributed by atoms with Crippen LogP contribution in [-0.4, -0.2) is 36.7 Å². The number of aryl methyl sites for hydroxylation is 2. The van der Waals surface area contributed by atoms with Crippen LogP contribution in [0.4, 0.5) is 4.79 Å². The molecule has 128 valence electrons. The lowest BCUT2D eigenvalue weighted by molar-refractivity contribution is 0.0297. The van der Waals surface area contributed by atoms with Gasteiger partial charge in [-0.05, 0) is 64.6 Å². The topological polar surface area (TPSA) is 41.6 Å². The second kappa shape index (κ2) is 7.35. The highest BCUT2D eigenvalue weighted by atomic mass is 16.6. The van der Waals surface area contributed by atoms with Crippen molar-refractivity contribution in [1.82, 2.24) is 10.2 Å². The Hall–Kier alpha value is -1.55. The summed E-state index contributed by atoms with van der Waals surface area (Å²) in [6, 6.07) is 7.20. The van der Waals surface area contributed by atoms with E-state index in [-0.39, 0.29) is 6.09 Å². The van der Waals surface area contributed by atoms with Gasteiger partial charge >= 0.3 is 6.09 Å². The maximum atomic E-state index is 11.9. The maximum Gasteiger partial charge on any atom is 0.410 e. The van der Waals surface area contributed by atoms with E-state index in [4.69, 9.17) is 4.74 Å². The van der Waals surface area contributed by atoms with Crippen LogP contribution in [0.15, 0.2) is 18.2 Å². The fourth-order valence-electron chi connectivity index (χ4n) is 2.96. The van der Waals surface area contributed by atoms with Crippen LogP contribution in [0.25, 0.3) is 0 Å². The highest BCUT2D eigenvalue weighted by molar-refractivity contribution is 5.67. The van der Waals surface area contributed by atoms with Crippen molar-refractivity contribution < 1.29 is 9.53 Å². The molecule has 0 fully saturated rings. The molecule has 0 saturated carbocycles. The largest absolute Gasteiger partial charge is 0.444 e. The molecule has 0 aliphatic heterocycles. The molecule has 4 nitrogen and oxygen atoms in total. The SMILES string of the molecule is Cc1ccc2c(c1)C(NCCCN(C)C(=O)OC(C)(C)C)CC2. The molecule has 0 bridgehead atoms. The molecule has 1 aliphatic carbocycles. The second-order valence-corrected chi connectivity index (χ2v) is 7.50. The monoisotopic (exact) mass is 318 g/mol. The molecule has 1 N–H and O–H groups in total. The summed E-state index contributed by atoms with van der Waals surface area (Å²) in [7, 11) is 1.79. The van der Waals surface area contributed by atoms with Crippen LogP contribution in [0.2, 0.25) is 0 Å². The van der Waals surface area contributed by atoms with Crippen molar-refractivity contribution in [2.24, 2.45) is 0 Å². The predicted octanol–water partition coefficient (Wildman–Crippen LogP) is 3.83. The predicted molar refractivity (Wildman–Crippen MR) is 93.7 cm³/mol. The Morgan fingerprint density at radius 3 is 2.83 bits per heavy atom. The number of amides is 1. The van der Waals surface area contributed by atoms with Gasteiger partial charge in [-0.15, -0.1) is 0 Å². The number of rotatable bonds is 5. The summed E-state index contributed by atoms with van der Waals surface area (Å²) >= 11 is 0. The Balaban J connectivity index is 1.73. The van der Waals surface area contributed by atoms with Gasteiger partial charge in [0.25, 0.3) is 0 Å². The maximum absolute atomic E-state index is 11.9. The molecular formula is C19H30N2O2. The van der Waals surface area contributed by atoms with Gasteiger partial charge in [-0.3, -0.25) is 0 Å². The van der Waals surface area contributed by atoms with Crippen LogP contribution < -0.4 is 5.32 Å². The zero-order valence-corrected chi connectivity index (χ0v) is 15.1. The van der Waals surface area contributed by atoms with Crippen molar-refractivity contribution in [3.05, 3.63) is 34.9 Å². The quantitative estimate of drug-likeness (QED) is 0.839. The van der Waals surface area contributed by atoms with E-state index in [1.165, 1.54) is 23.1 Å². The summed E-state index contributed by atoms with van der Waals surface area (Å²) in [5.74, 6) is 0. The van der Waals surface area contributed by atoms with Crippen LogP contribution in [-0.2, 0) is 11.2 Å². The number of carbonyl (C=O) groups excluding carboxylic acids is 1. The Labute approximate surface area is 140 Å². The minimum atomic E-state index is -0.436. The minimum absolute atomic E-state index is 0.251. The van der Waals surface area contributed by atoms with E-state index < -0.39 is 5.60 Å². The van der Waals surface area contributed by atoms with Gasteiger partial charge in [-0.2, -0.15) is 0 Å². The number of carbonyl (C=O) groups is 1. The molecule has 0 saturated heterocycles. The number of nitrogens with one attached hydrogen (secondary N) is 1. The molecule has 2 rings (SSSR count). The summed E-state index contributed by atoms with van der Waals surface area (Å²) < 4.78 is 5.36. The molecule has 0 heterocycles. The Bertz CT molecular complexity index is 549. The molecule has 1 aliphatic rings. The van der Waals surface area contributed by atoms with Crippen LogP contribution in [0.5, 0.6) is 0 Å². The van der Waals surface area contributed by atoms with Gasteiger partial charge in [-0.25, -0.2) is 4.79 Å². The third-order valence-electron chi connectivity index (χ3n) is 4.15. The summed E-state index contributed by atoms with van der Waals surface area (Å²) in [6.45, 7) is 9.42. The zero-order chi connectivity index (χ0) is 17.0. The van der Waals surface area contributed by atoms with Crippen LogP contribution in [0.1, 0.15) is 56.3 Å². The van der Waals surface area contributed by atoms with Crippen LogP contribution >= 0.6 is 0 Å². The Morgan fingerprint density at radius 2 is 2.13 bits per heavy atom. The van der Waals surface area contributed by atoms with E-state index in [0.717, 1.165) is 19.4 Å². The number of nitrogens with zero attached hydrogens (tertiary/aromatic N) is 1. The van der Waals surface area contributed by atoms with E-state index >= 15 is 0 Å². The van der Waals surface area contributed by atoms with Gasteiger partial charge in [0.15, 0.2) is 0 Å².